The highest BCUT2D eigenvalue weighted by atomic mass is 16.2. The highest BCUT2D eigenvalue weighted by Gasteiger charge is 2.41. The van der Waals surface area contributed by atoms with Crippen molar-refractivity contribution in [2.45, 2.75) is 25.3 Å². The normalized spacial score (nSPS) is 23.2. The molecule has 1 aromatic rings. The van der Waals surface area contributed by atoms with E-state index in [1.165, 1.54) is 0 Å². The van der Waals surface area contributed by atoms with E-state index in [9.17, 15) is 9.59 Å². The number of para-hydroxylation sites is 1. The number of benzene rings is 1. The molecule has 2 amide bonds. The molecule has 18 heavy (non-hydrogen) atoms. The van der Waals surface area contributed by atoms with Gasteiger partial charge in [0.15, 0.2) is 0 Å². The third-order valence-electron chi connectivity index (χ3n) is 3.56. The van der Waals surface area contributed by atoms with Gasteiger partial charge in [-0.25, -0.2) is 0 Å². The Morgan fingerprint density at radius 3 is 2.61 bits per heavy atom. The first kappa shape index (κ1) is 11.3. The van der Waals surface area contributed by atoms with Crippen LogP contribution in [0.5, 0.6) is 0 Å². The number of hydrogen-bond donors (Lipinski definition) is 1. The number of hydrogen-bond acceptors (Lipinski definition) is 2. The van der Waals surface area contributed by atoms with E-state index in [0.29, 0.717) is 19.0 Å². The van der Waals surface area contributed by atoms with Gasteiger partial charge in [-0.2, -0.15) is 0 Å². The van der Waals surface area contributed by atoms with Crippen molar-refractivity contribution in [1.82, 2.24) is 4.90 Å². The van der Waals surface area contributed by atoms with Crippen molar-refractivity contribution in [3.63, 3.8) is 0 Å². The van der Waals surface area contributed by atoms with Crippen LogP contribution in [-0.2, 0) is 9.59 Å². The standard InChI is InChI=1S/C14H16N2O2/c17-13-8-10(9-16(13)12-6-7-12)14(18)15-11-4-2-1-3-5-11/h1-5,10,12H,6-9H2,(H,15,18)/t10-/m1/s1. The van der Waals surface area contributed by atoms with Gasteiger partial charge in [0.1, 0.15) is 0 Å². The number of likely N-dealkylation sites (tertiary alicyclic amines) is 1. The maximum absolute atomic E-state index is 12.1. The van der Waals surface area contributed by atoms with Gasteiger partial charge in [-0.05, 0) is 25.0 Å². The molecule has 1 atom stereocenters. The van der Waals surface area contributed by atoms with E-state index in [2.05, 4.69) is 5.32 Å². The summed E-state index contributed by atoms with van der Waals surface area (Å²) in [6.45, 7) is 0.585. The molecule has 2 aliphatic rings. The summed E-state index contributed by atoms with van der Waals surface area (Å²) < 4.78 is 0. The molecule has 4 heteroatoms. The van der Waals surface area contributed by atoms with E-state index < -0.39 is 0 Å². The van der Waals surface area contributed by atoms with Crippen LogP contribution in [-0.4, -0.2) is 29.3 Å². The number of nitrogens with one attached hydrogen (secondary N) is 1. The molecule has 0 bridgehead atoms. The molecule has 1 N–H and O–H groups in total. The van der Waals surface area contributed by atoms with Crippen LogP contribution in [0.2, 0.25) is 0 Å². The number of amides is 2. The second-order valence-corrected chi connectivity index (χ2v) is 5.03. The van der Waals surface area contributed by atoms with Crippen LogP contribution in [0, 0.1) is 5.92 Å². The molecular formula is C14H16N2O2. The number of carbonyl (C=O) groups excluding carboxylic acids is 2. The number of carbonyl (C=O) groups is 2. The predicted octanol–water partition coefficient (Wildman–Crippen LogP) is 1.64. The number of nitrogens with zero attached hydrogens (tertiary/aromatic N) is 1. The fourth-order valence-corrected chi connectivity index (χ4v) is 2.41. The summed E-state index contributed by atoms with van der Waals surface area (Å²) in [5, 5.41) is 2.87. The Balaban J connectivity index is 1.62. The maximum Gasteiger partial charge on any atom is 0.229 e. The lowest BCUT2D eigenvalue weighted by Crippen LogP contribution is -2.29. The monoisotopic (exact) mass is 244 g/mol. The average Bonchev–Trinajstić information content (AvgIpc) is 3.14. The van der Waals surface area contributed by atoms with Crippen molar-refractivity contribution in [1.29, 1.82) is 0 Å². The van der Waals surface area contributed by atoms with E-state index in [4.69, 9.17) is 0 Å². The van der Waals surface area contributed by atoms with Crippen molar-refractivity contribution in [3.8, 4) is 0 Å². The average molecular weight is 244 g/mol. The summed E-state index contributed by atoms with van der Waals surface area (Å²) in [6.07, 6.45) is 2.55. The van der Waals surface area contributed by atoms with E-state index in [-0.39, 0.29) is 17.7 Å². The largest absolute Gasteiger partial charge is 0.339 e. The van der Waals surface area contributed by atoms with Gasteiger partial charge in [0.2, 0.25) is 11.8 Å². The van der Waals surface area contributed by atoms with Crippen molar-refractivity contribution >= 4 is 17.5 Å². The molecule has 1 saturated heterocycles. The number of anilines is 1. The highest BCUT2D eigenvalue weighted by molar-refractivity contribution is 5.97. The van der Waals surface area contributed by atoms with Crippen LogP contribution in [0.15, 0.2) is 30.3 Å². The summed E-state index contributed by atoms with van der Waals surface area (Å²) in [7, 11) is 0. The zero-order valence-corrected chi connectivity index (χ0v) is 10.1. The lowest BCUT2D eigenvalue weighted by molar-refractivity contribution is -0.128. The van der Waals surface area contributed by atoms with Crippen LogP contribution in [0.25, 0.3) is 0 Å². The molecule has 1 aliphatic heterocycles. The second kappa shape index (κ2) is 4.44. The lowest BCUT2D eigenvalue weighted by Gasteiger charge is -2.15. The molecule has 0 aromatic heterocycles. The Morgan fingerprint density at radius 1 is 1.22 bits per heavy atom. The highest BCUT2D eigenvalue weighted by Crippen LogP contribution is 2.32. The Labute approximate surface area is 106 Å². The van der Waals surface area contributed by atoms with Crippen LogP contribution >= 0.6 is 0 Å². The minimum atomic E-state index is -0.196. The van der Waals surface area contributed by atoms with Gasteiger partial charge in [-0.15, -0.1) is 0 Å². The molecule has 2 fully saturated rings. The van der Waals surface area contributed by atoms with Gasteiger partial charge in [0.25, 0.3) is 0 Å². The third kappa shape index (κ3) is 2.23. The molecule has 1 aromatic carbocycles. The van der Waals surface area contributed by atoms with Gasteiger partial charge in [-0.3, -0.25) is 9.59 Å². The zero-order valence-electron chi connectivity index (χ0n) is 10.1. The molecule has 94 valence electrons. The SMILES string of the molecule is O=C(Nc1ccccc1)[C@@H]1CC(=O)N(C2CC2)C1. The summed E-state index contributed by atoms with van der Waals surface area (Å²) in [5.41, 5.74) is 0.792. The first-order chi connectivity index (χ1) is 8.74. The van der Waals surface area contributed by atoms with Gasteiger partial charge in [0.05, 0.1) is 5.92 Å². The fourth-order valence-electron chi connectivity index (χ4n) is 2.41. The van der Waals surface area contributed by atoms with Gasteiger partial charge < -0.3 is 10.2 Å². The van der Waals surface area contributed by atoms with Gasteiger partial charge in [0, 0.05) is 24.7 Å². The lowest BCUT2D eigenvalue weighted by atomic mass is 10.1. The van der Waals surface area contributed by atoms with Gasteiger partial charge >= 0.3 is 0 Å². The second-order valence-electron chi connectivity index (χ2n) is 5.03. The first-order valence-corrected chi connectivity index (χ1v) is 6.39. The van der Waals surface area contributed by atoms with Crippen molar-refractivity contribution < 1.29 is 9.59 Å². The smallest absolute Gasteiger partial charge is 0.229 e. The van der Waals surface area contributed by atoms with E-state index in [0.717, 1.165) is 18.5 Å². The Hall–Kier alpha value is -1.84. The summed E-state index contributed by atoms with van der Waals surface area (Å²) in [6, 6.07) is 9.79. The van der Waals surface area contributed by atoms with E-state index >= 15 is 0 Å². The minimum Gasteiger partial charge on any atom is -0.339 e. The number of rotatable bonds is 3. The summed E-state index contributed by atoms with van der Waals surface area (Å²) in [5.74, 6) is -0.110. The zero-order chi connectivity index (χ0) is 12.5. The van der Waals surface area contributed by atoms with Crippen molar-refractivity contribution in [2.24, 2.45) is 5.92 Å². The summed E-state index contributed by atoms with van der Waals surface area (Å²) in [4.78, 5) is 25.7. The quantitative estimate of drug-likeness (QED) is 0.878. The minimum absolute atomic E-state index is 0.0438. The van der Waals surface area contributed by atoms with E-state index in [1.807, 2.05) is 35.2 Å². The Kier molecular flexibility index (Phi) is 2.78. The van der Waals surface area contributed by atoms with Crippen molar-refractivity contribution in [2.75, 3.05) is 11.9 Å². The molecule has 1 heterocycles. The predicted molar refractivity (Wildman–Crippen MR) is 67.9 cm³/mol. The molecule has 3 rings (SSSR count). The fraction of sp³-hybridized carbons (Fsp3) is 0.429. The van der Waals surface area contributed by atoms with Crippen LogP contribution in [0.3, 0.4) is 0 Å². The third-order valence-corrected chi connectivity index (χ3v) is 3.56. The first-order valence-electron chi connectivity index (χ1n) is 6.39. The summed E-state index contributed by atoms with van der Waals surface area (Å²) >= 11 is 0. The van der Waals surface area contributed by atoms with Crippen LogP contribution in [0.4, 0.5) is 5.69 Å². The molecule has 0 radical (unpaired) electrons. The maximum atomic E-state index is 12.1. The molecule has 0 unspecified atom stereocenters. The topological polar surface area (TPSA) is 49.4 Å². The van der Waals surface area contributed by atoms with Gasteiger partial charge in [-0.1, -0.05) is 18.2 Å². The van der Waals surface area contributed by atoms with E-state index in [1.54, 1.807) is 0 Å². The molecule has 1 aliphatic carbocycles. The molecule has 1 saturated carbocycles. The van der Waals surface area contributed by atoms with Crippen molar-refractivity contribution in [3.05, 3.63) is 30.3 Å². The van der Waals surface area contributed by atoms with Crippen LogP contribution in [0.1, 0.15) is 19.3 Å². The molecule has 4 nitrogen and oxygen atoms in total. The molecular weight excluding hydrogens is 228 g/mol. The Bertz CT molecular complexity index is 468. The molecule has 0 spiro atoms. The Morgan fingerprint density at radius 2 is 1.94 bits per heavy atom. The van der Waals surface area contributed by atoms with Crippen LogP contribution < -0.4 is 5.32 Å².